The average molecular weight is 296 g/mol. The lowest BCUT2D eigenvalue weighted by molar-refractivity contribution is -0.131. The number of thiophene rings is 1. The predicted octanol–water partition coefficient (Wildman–Crippen LogP) is 1.94. The molecule has 0 bridgehead atoms. The topological polar surface area (TPSA) is 43.8 Å². The average Bonchev–Trinajstić information content (AvgIpc) is 2.82. The van der Waals surface area contributed by atoms with Gasteiger partial charge in [-0.05, 0) is 44.2 Å². The lowest BCUT2D eigenvalue weighted by atomic mass is 9.98. The molecule has 4 nitrogen and oxygen atoms in total. The van der Waals surface area contributed by atoms with Gasteiger partial charge in [0.15, 0.2) is 0 Å². The number of aliphatic hydroxyl groups is 1. The Bertz CT molecular complexity index is 431. The summed E-state index contributed by atoms with van der Waals surface area (Å²) in [5.41, 5.74) is -0.569. The maximum Gasteiger partial charge on any atom is 0.236 e. The number of rotatable bonds is 4. The molecule has 1 unspecified atom stereocenters. The lowest BCUT2D eigenvalue weighted by Crippen LogP contribution is -2.39. The van der Waals surface area contributed by atoms with Crippen molar-refractivity contribution >= 4 is 17.2 Å². The van der Waals surface area contributed by atoms with Gasteiger partial charge in [-0.2, -0.15) is 0 Å². The Balaban J connectivity index is 1.81. The summed E-state index contributed by atoms with van der Waals surface area (Å²) >= 11 is 1.68. The zero-order valence-electron chi connectivity index (χ0n) is 12.3. The first-order valence-corrected chi connectivity index (χ1v) is 8.05. The zero-order chi connectivity index (χ0) is 14.6. The molecule has 2 rings (SSSR count). The number of nitrogens with zero attached hydrogens (tertiary/aromatic N) is 2. The van der Waals surface area contributed by atoms with Gasteiger partial charge in [-0.25, -0.2) is 0 Å². The summed E-state index contributed by atoms with van der Waals surface area (Å²) in [6.45, 7) is 4.72. The van der Waals surface area contributed by atoms with Crippen molar-refractivity contribution in [3.63, 3.8) is 0 Å². The summed E-state index contributed by atoms with van der Waals surface area (Å²) in [5.74, 6) is 0.153. The van der Waals surface area contributed by atoms with Crippen molar-refractivity contribution in [2.45, 2.75) is 38.3 Å². The highest BCUT2D eigenvalue weighted by Crippen LogP contribution is 2.21. The standard InChI is InChI=1S/C15H24N2O2S/c1-15(19)6-4-8-17(9-7-15)12-14(18)16(2)11-13-5-3-10-20-13/h3,5,10,19H,4,6-9,11-12H2,1-2H3. The molecule has 20 heavy (non-hydrogen) atoms. The predicted molar refractivity (Wildman–Crippen MR) is 81.7 cm³/mol. The van der Waals surface area contributed by atoms with Crippen molar-refractivity contribution < 1.29 is 9.90 Å². The first-order chi connectivity index (χ1) is 9.46. The molecule has 0 aromatic carbocycles. The van der Waals surface area contributed by atoms with E-state index in [4.69, 9.17) is 0 Å². The van der Waals surface area contributed by atoms with Gasteiger partial charge in [0.05, 0.1) is 18.7 Å². The van der Waals surface area contributed by atoms with Crippen LogP contribution in [0.3, 0.4) is 0 Å². The largest absolute Gasteiger partial charge is 0.390 e. The Morgan fingerprint density at radius 2 is 2.30 bits per heavy atom. The summed E-state index contributed by atoms with van der Waals surface area (Å²) < 4.78 is 0. The van der Waals surface area contributed by atoms with E-state index in [1.54, 1.807) is 16.2 Å². The van der Waals surface area contributed by atoms with Crippen molar-refractivity contribution in [2.24, 2.45) is 0 Å². The third-order valence-corrected chi connectivity index (χ3v) is 4.78. The summed E-state index contributed by atoms with van der Waals surface area (Å²) in [4.78, 5) is 17.4. The summed E-state index contributed by atoms with van der Waals surface area (Å²) in [7, 11) is 1.86. The monoisotopic (exact) mass is 296 g/mol. The van der Waals surface area contributed by atoms with E-state index < -0.39 is 5.60 Å². The van der Waals surface area contributed by atoms with Crippen LogP contribution in [0, 0.1) is 0 Å². The first-order valence-electron chi connectivity index (χ1n) is 7.17. The van der Waals surface area contributed by atoms with Crippen LogP contribution in [0.15, 0.2) is 17.5 Å². The molecule has 1 aromatic rings. The molecular weight excluding hydrogens is 272 g/mol. The van der Waals surface area contributed by atoms with Gasteiger partial charge in [-0.3, -0.25) is 9.69 Å². The maximum absolute atomic E-state index is 12.2. The molecular formula is C15H24N2O2S. The highest BCUT2D eigenvalue weighted by molar-refractivity contribution is 7.09. The van der Waals surface area contributed by atoms with E-state index >= 15 is 0 Å². The van der Waals surface area contributed by atoms with E-state index in [9.17, 15) is 9.90 Å². The SMILES string of the molecule is CN(Cc1cccs1)C(=O)CN1CCCC(C)(O)CC1. The number of likely N-dealkylation sites (N-methyl/N-ethyl adjacent to an activating group) is 1. The van der Waals surface area contributed by atoms with Crippen LogP contribution < -0.4 is 0 Å². The number of hydrogen-bond acceptors (Lipinski definition) is 4. The van der Waals surface area contributed by atoms with Gasteiger partial charge in [0, 0.05) is 18.5 Å². The molecule has 1 N–H and O–H groups in total. The van der Waals surface area contributed by atoms with E-state index in [0.29, 0.717) is 13.1 Å². The Kier molecular flexibility index (Phi) is 5.18. The number of hydrogen-bond donors (Lipinski definition) is 1. The van der Waals surface area contributed by atoms with Crippen LogP contribution in [0.5, 0.6) is 0 Å². The van der Waals surface area contributed by atoms with Gasteiger partial charge >= 0.3 is 0 Å². The lowest BCUT2D eigenvalue weighted by Gasteiger charge is -2.24. The van der Waals surface area contributed by atoms with Crippen molar-refractivity contribution in [2.75, 3.05) is 26.7 Å². The normalized spacial score (nSPS) is 24.4. The fraction of sp³-hybridized carbons (Fsp3) is 0.667. The molecule has 0 saturated carbocycles. The van der Waals surface area contributed by atoms with Gasteiger partial charge in [0.2, 0.25) is 5.91 Å². The first kappa shape index (κ1) is 15.5. The number of carbonyl (C=O) groups excluding carboxylic acids is 1. The second-order valence-corrected chi connectivity index (χ2v) is 6.99. The van der Waals surface area contributed by atoms with Crippen molar-refractivity contribution in [3.05, 3.63) is 22.4 Å². The van der Waals surface area contributed by atoms with Gasteiger partial charge in [-0.1, -0.05) is 6.07 Å². The van der Waals surface area contributed by atoms with Crippen LogP contribution in [0.25, 0.3) is 0 Å². The second-order valence-electron chi connectivity index (χ2n) is 5.96. The number of likely N-dealkylation sites (tertiary alicyclic amines) is 1. The van der Waals surface area contributed by atoms with Crippen LogP contribution in [0.1, 0.15) is 31.1 Å². The molecule has 1 fully saturated rings. The summed E-state index contributed by atoms with van der Waals surface area (Å²) in [6, 6.07) is 4.06. The zero-order valence-corrected chi connectivity index (χ0v) is 13.2. The summed E-state index contributed by atoms with van der Waals surface area (Å²) in [5, 5.41) is 12.1. The van der Waals surface area contributed by atoms with Crippen LogP contribution in [-0.4, -0.2) is 53.1 Å². The summed E-state index contributed by atoms with van der Waals surface area (Å²) in [6.07, 6.45) is 2.52. The highest BCUT2D eigenvalue weighted by Gasteiger charge is 2.26. The third kappa shape index (κ3) is 4.58. The molecule has 1 amide bonds. The molecule has 0 radical (unpaired) electrons. The smallest absolute Gasteiger partial charge is 0.236 e. The second kappa shape index (κ2) is 6.70. The van der Waals surface area contributed by atoms with E-state index in [-0.39, 0.29) is 5.91 Å². The Labute approximate surface area is 125 Å². The van der Waals surface area contributed by atoms with E-state index in [1.165, 1.54) is 4.88 Å². The van der Waals surface area contributed by atoms with Crippen LogP contribution in [0.2, 0.25) is 0 Å². The third-order valence-electron chi connectivity index (χ3n) is 3.91. The van der Waals surface area contributed by atoms with Gasteiger partial charge in [0.25, 0.3) is 0 Å². The van der Waals surface area contributed by atoms with Crippen molar-refractivity contribution in [1.29, 1.82) is 0 Å². The van der Waals surface area contributed by atoms with Crippen LogP contribution >= 0.6 is 11.3 Å². The Morgan fingerprint density at radius 3 is 3.00 bits per heavy atom. The van der Waals surface area contributed by atoms with Crippen molar-refractivity contribution in [1.82, 2.24) is 9.80 Å². The number of carbonyl (C=O) groups is 1. The van der Waals surface area contributed by atoms with E-state index in [2.05, 4.69) is 11.0 Å². The molecule has 112 valence electrons. The fourth-order valence-electron chi connectivity index (χ4n) is 2.51. The minimum absolute atomic E-state index is 0.153. The molecule has 1 aliphatic rings. The molecule has 2 heterocycles. The molecule has 0 aliphatic carbocycles. The molecule has 1 saturated heterocycles. The number of amides is 1. The van der Waals surface area contributed by atoms with Crippen LogP contribution in [0.4, 0.5) is 0 Å². The molecule has 1 aromatic heterocycles. The van der Waals surface area contributed by atoms with Crippen molar-refractivity contribution in [3.8, 4) is 0 Å². The molecule has 1 aliphatic heterocycles. The minimum Gasteiger partial charge on any atom is -0.390 e. The highest BCUT2D eigenvalue weighted by atomic mass is 32.1. The van der Waals surface area contributed by atoms with Crippen LogP contribution in [-0.2, 0) is 11.3 Å². The maximum atomic E-state index is 12.2. The van der Waals surface area contributed by atoms with Gasteiger partial charge in [-0.15, -0.1) is 11.3 Å². The molecule has 0 spiro atoms. The fourth-order valence-corrected chi connectivity index (χ4v) is 3.27. The molecule has 1 atom stereocenters. The Morgan fingerprint density at radius 1 is 1.50 bits per heavy atom. The van der Waals surface area contributed by atoms with E-state index in [1.807, 2.05) is 25.4 Å². The van der Waals surface area contributed by atoms with Gasteiger partial charge < -0.3 is 10.0 Å². The van der Waals surface area contributed by atoms with E-state index in [0.717, 1.165) is 32.4 Å². The molecule has 5 heteroatoms. The van der Waals surface area contributed by atoms with Gasteiger partial charge in [0.1, 0.15) is 0 Å². The minimum atomic E-state index is -0.569. The Hall–Kier alpha value is -0.910. The quantitative estimate of drug-likeness (QED) is 0.923.